The Labute approximate surface area is 111 Å². The van der Waals surface area contributed by atoms with Gasteiger partial charge in [0.15, 0.2) is 0 Å². The summed E-state index contributed by atoms with van der Waals surface area (Å²) in [6.45, 7) is 0.269. The quantitative estimate of drug-likeness (QED) is 0.893. The molecule has 2 rings (SSSR count). The lowest BCUT2D eigenvalue weighted by molar-refractivity contribution is 0.580. The number of hydrogen-bond donors (Lipinski definition) is 1. The molecule has 0 aliphatic rings. The predicted octanol–water partition coefficient (Wildman–Crippen LogP) is 1.08. The van der Waals surface area contributed by atoms with Gasteiger partial charge in [-0.1, -0.05) is 0 Å². The fourth-order valence-corrected chi connectivity index (χ4v) is 2.66. The molecule has 0 aliphatic heterocycles. The molecular formula is C12H14FN3O2S. The second kappa shape index (κ2) is 5.50. The summed E-state index contributed by atoms with van der Waals surface area (Å²) in [5.41, 5.74) is 0.948. The predicted molar refractivity (Wildman–Crippen MR) is 68.5 cm³/mol. The van der Waals surface area contributed by atoms with Gasteiger partial charge >= 0.3 is 0 Å². The first-order chi connectivity index (χ1) is 8.97. The summed E-state index contributed by atoms with van der Waals surface area (Å²) >= 11 is 0. The third-order valence-corrected chi connectivity index (χ3v) is 4.06. The number of aryl methyl sites for hydroxylation is 1. The van der Waals surface area contributed by atoms with Crippen molar-refractivity contribution in [3.05, 3.63) is 48.0 Å². The molecule has 0 atom stereocenters. The molecule has 19 heavy (non-hydrogen) atoms. The van der Waals surface area contributed by atoms with Gasteiger partial charge in [-0.05, 0) is 36.2 Å². The average Bonchev–Trinajstić information content (AvgIpc) is 2.75. The maximum atomic E-state index is 12.7. The van der Waals surface area contributed by atoms with Gasteiger partial charge in [-0.15, -0.1) is 0 Å². The lowest BCUT2D eigenvalue weighted by atomic mass is 10.3. The molecule has 0 amide bonds. The number of nitrogens with zero attached hydrogens (tertiary/aromatic N) is 2. The lowest BCUT2D eigenvalue weighted by Gasteiger charge is -2.05. The molecule has 0 unspecified atom stereocenters. The third kappa shape index (κ3) is 3.62. The molecule has 1 aromatic heterocycles. The van der Waals surface area contributed by atoms with Gasteiger partial charge in [-0.25, -0.2) is 17.5 Å². The van der Waals surface area contributed by atoms with Crippen molar-refractivity contribution in [1.82, 2.24) is 14.5 Å². The highest BCUT2D eigenvalue weighted by Gasteiger charge is 2.13. The maximum Gasteiger partial charge on any atom is 0.240 e. The SMILES string of the molecule is Cn1cc(CCNS(=O)(=O)c2ccc(F)cc2)cn1. The monoisotopic (exact) mass is 283 g/mol. The van der Waals surface area contributed by atoms with Crippen LogP contribution in [0.25, 0.3) is 0 Å². The van der Waals surface area contributed by atoms with Crippen LogP contribution in [0.1, 0.15) is 5.56 Å². The summed E-state index contributed by atoms with van der Waals surface area (Å²) in [5.74, 6) is -0.464. The van der Waals surface area contributed by atoms with Crippen LogP contribution >= 0.6 is 0 Å². The van der Waals surface area contributed by atoms with Crippen molar-refractivity contribution < 1.29 is 12.8 Å². The van der Waals surface area contributed by atoms with Crippen LogP contribution in [0.5, 0.6) is 0 Å². The van der Waals surface area contributed by atoms with Crippen LogP contribution in [-0.4, -0.2) is 24.7 Å². The van der Waals surface area contributed by atoms with Crippen LogP contribution in [-0.2, 0) is 23.5 Å². The summed E-state index contributed by atoms with van der Waals surface area (Å²) in [6.07, 6.45) is 4.06. The van der Waals surface area contributed by atoms with E-state index in [1.54, 1.807) is 17.9 Å². The first-order valence-corrected chi connectivity index (χ1v) is 7.18. The molecular weight excluding hydrogens is 269 g/mol. The van der Waals surface area contributed by atoms with Crippen LogP contribution in [0.15, 0.2) is 41.6 Å². The Morgan fingerprint density at radius 1 is 1.32 bits per heavy atom. The number of benzene rings is 1. The van der Waals surface area contributed by atoms with Crippen molar-refractivity contribution in [2.75, 3.05) is 6.54 Å². The minimum atomic E-state index is -3.58. The minimum Gasteiger partial charge on any atom is -0.276 e. The molecule has 0 saturated heterocycles. The van der Waals surface area contributed by atoms with E-state index in [0.29, 0.717) is 6.42 Å². The molecule has 1 aromatic carbocycles. The van der Waals surface area contributed by atoms with Crippen molar-refractivity contribution in [3.63, 3.8) is 0 Å². The van der Waals surface area contributed by atoms with Crippen molar-refractivity contribution in [1.29, 1.82) is 0 Å². The van der Waals surface area contributed by atoms with E-state index in [-0.39, 0.29) is 11.4 Å². The van der Waals surface area contributed by atoms with Gasteiger partial charge in [0, 0.05) is 19.8 Å². The van der Waals surface area contributed by atoms with E-state index in [9.17, 15) is 12.8 Å². The van der Waals surface area contributed by atoms with Crippen LogP contribution < -0.4 is 4.72 Å². The summed E-state index contributed by atoms with van der Waals surface area (Å²) in [6, 6.07) is 4.72. The molecule has 2 aromatic rings. The first-order valence-electron chi connectivity index (χ1n) is 5.70. The van der Waals surface area contributed by atoms with E-state index in [1.165, 1.54) is 12.1 Å². The molecule has 1 N–H and O–H groups in total. The zero-order valence-corrected chi connectivity index (χ0v) is 11.2. The summed E-state index contributed by atoms with van der Waals surface area (Å²) in [7, 11) is -1.79. The lowest BCUT2D eigenvalue weighted by Crippen LogP contribution is -2.25. The topological polar surface area (TPSA) is 64.0 Å². The molecule has 0 spiro atoms. The van der Waals surface area contributed by atoms with Crippen LogP contribution in [0.2, 0.25) is 0 Å². The van der Waals surface area contributed by atoms with Gasteiger partial charge in [-0.3, -0.25) is 4.68 Å². The summed E-state index contributed by atoms with van der Waals surface area (Å²) in [5, 5.41) is 4.00. The standard InChI is InChI=1S/C12H14FN3O2S/c1-16-9-10(8-14-16)6-7-15-19(17,18)12-4-2-11(13)3-5-12/h2-5,8-9,15H,6-7H2,1H3. The Kier molecular flexibility index (Phi) is 3.96. The average molecular weight is 283 g/mol. The Morgan fingerprint density at radius 2 is 2.00 bits per heavy atom. The number of halogens is 1. The molecule has 0 radical (unpaired) electrons. The van der Waals surface area contributed by atoms with Crippen LogP contribution in [0.3, 0.4) is 0 Å². The second-order valence-corrected chi connectivity index (χ2v) is 5.89. The third-order valence-electron chi connectivity index (χ3n) is 2.59. The number of aromatic nitrogens is 2. The highest BCUT2D eigenvalue weighted by molar-refractivity contribution is 7.89. The minimum absolute atomic E-state index is 0.0556. The normalized spacial score (nSPS) is 11.7. The Bertz CT molecular complexity index is 650. The zero-order valence-electron chi connectivity index (χ0n) is 10.4. The highest BCUT2D eigenvalue weighted by atomic mass is 32.2. The Hall–Kier alpha value is -1.73. The van der Waals surface area contributed by atoms with E-state index in [0.717, 1.165) is 17.7 Å². The number of rotatable bonds is 5. The van der Waals surface area contributed by atoms with Crippen molar-refractivity contribution in [2.24, 2.45) is 7.05 Å². The molecule has 0 fully saturated rings. The van der Waals surface area contributed by atoms with Gasteiger partial charge in [0.25, 0.3) is 0 Å². The fourth-order valence-electron chi connectivity index (χ4n) is 1.63. The van der Waals surface area contributed by atoms with Gasteiger partial charge in [0.05, 0.1) is 11.1 Å². The van der Waals surface area contributed by atoms with E-state index in [1.807, 2.05) is 6.20 Å². The Morgan fingerprint density at radius 3 is 2.58 bits per heavy atom. The zero-order chi connectivity index (χ0) is 13.9. The molecule has 102 valence electrons. The highest BCUT2D eigenvalue weighted by Crippen LogP contribution is 2.09. The van der Waals surface area contributed by atoms with E-state index < -0.39 is 15.8 Å². The van der Waals surface area contributed by atoms with Gasteiger partial charge in [-0.2, -0.15) is 5.10 Å². The van der Waals surface area contributed by atoms with Gasteiger partial charge in [0.2, 0.25) is 10.0 Å². The fraction of sp³-hybridized carbons (Fsp3) is 0.250. The molecule has 7 heteroatoms. The number of sulfonamides is 1. The second-order valence-electron chi connectivity index (χ2n) is 4.12. The molecule has 5 nitrogen and oxygen atoms in total. The molecule has 0 bridgehead atoms. The number of hydrogen-bond acceptors (Lipinski definition) is 3. The molecule has 0 saturated carbocycles. The summed E-state index contributed by atoms with van der Waals surface area (Å²) < 4.78 is 40.6. The molecule has 1 heterocycles. The van der Waals surface area contributed by atoms with E-state index >= 15 is 0 Å². The molecule has 0 aliphatic carbocycles. The maximum absolute atomic E-state index is 12.7. The largest absolute Gasteiger partial charge is 0.276 e. The van der Waals surface area contributed by atoms with E-state index in [2.05, 4.69) is 9.82 Å². The van der Waals surface area contributed by atoms with Gasteiger partial charge < -0.3 is 0 Å². The van der Waals surface area contributed by atoms with Crippen molar-refractivity contribution in [2.45, 2.75) is 11.3 Å². The van der Waals surface area contributed by atoms with E-state index in [4.69, 9.17) is 0 Å². The smallest absolute Gasteiger partial charge is 0.240 e. The number of nitrogens with one attached hydrogen (secondary N) is 1. The first kappa shape index (κ1) is 13.7. The van der Waals surface area contributed by atoms with Crippen molar-refractivity contribution in [3.8, 4) is 0 Å². The Balaban J connectivity index is 1.96. The van der Waals surface area contributed by atoms with Gasteiger partial charge in [0.1, 0.15) is 5.82 Å². The van der Waals surface area contributed by atoms with Crippen LogP contribution in [0, 0.1) is 5.82 Å². The van der Waals surface area contributed by atoms with Crippen molar-refractivity contribution >= 4 is 10.0 Å². The van der Waals surface area contributed by atoms with Crippen LogP contribution in [0.4, 0.5) is 4.39 Å². The summed E-state index contributed by atoms with van der Waals surface area (Å²) in [4.78, 5) is 0.0556.